The van der Waals surface area contributed by atoms with Crippen molar-refractivity contribution < 1.29 is 14.6 Å². The number of ether oxygens (including phenoxy) is 1. The van der Waals surface area contributed by atoms with Crippen LogP contribution in [-0.4, -0.2) is 17.7 Å². The van der Waals surface area contributed by atoms with E-state index in [1.165, 1.54) is 0 Å². The summed E-state index contributed by atoms with van der Waals surface area (Å²) in [6.45, 7) is 2.13. The Balaban J connectivity index is 2.51. The highest BCUT2D eigenvalue weighted by Crippen LogP contribution is 2.08. The van der Waals surface area contributed by atoms with Crippen molar-refractivity contribution in [1.29, 1.82) is 0 Å². The van der Waals surface area contributed by atoms with Crippen molar-refractivity contribution in [1.82, 2.24) is 0 Å². The minimum absolute atomic E-state index is 0.0920. The number of carbonyl (C=O) groups excluding carboxylic acids is 1. The summed E-state index contributed by atoms with van der Waals surface area (Å²) in [6.07, 6.45) is 0.0920. The Morgan fingerprint density at radius 2 is 2.07 bits per heavy atom. The number of benzene rings is 1. The molecular weight excluding hydrogens is 192 g/mol. The largest absolute Gasteiger partial charge is 0.508 e. The molecule has 0 heterocycles. The standard InChI is InChI=1S/C12H12O3/c1-2-15-12(14)5-3-4-10-6-8-11(13)9-7-10/h6-9,13H,2,5H2,1H3. The smallest absolute Gasteiger partial charge is 0.317 e. The van der Waals surface area contributed by atoms with Crippen molar-refractivity contribution in [2.24, 2.45) is 0 Å². The first kappa shape index (κ1) is 11.1. The third kappa shape index (κ3) is 4.19. The second-order valence-corrected chi connectivity index (χ2v) is 2.83. The van der Waals surface area contributed by atoms with Crippen molar-refractivity contribution in [2.45, 2.75) is 13.3 Å². The first-order valence-electron chi connectivity index (χ1n) is 4.66. The van der Waals surface area contributed by atoms with E-state index in [0.717, 1.165) is 5.56 Å². The van der Waals surface area contributed by atoms with Crippen LogP contribution in [-0.2, 0) is 9.53 Å². The van der Waals surface area contributed by atoms with Crippen LogP contribution >= 0.6 is 0 Å². The fourth-order valence-electron chi connectivity index (χ4n) is 0.975. The highest BCUT2D eigenvalue weighted by Gasteiger charge is 1.95. The number of aromatic hydroxyl groups is 1. The second-order valence-electron chi connectivity index (χ2n) is 2.83. The Morgan fingerprint density at radius 1 is 1.40 bits per heavy atom. The maximum Gasteiger partial charge on any atom is 0.317 e. The molecule has 0 aliphatic heterocycles. The summed E-state index contributed by atoms with van der Waals surface area (Å²) in [7, 11) is 0. The van der Waals surface area contributed by atoms with Gasteiger partial charge < -0.3 is 9.84 Å². The molecule has 1 rings (SSSR count). The van der Waals surface area contributed by atoms with Crippen molar-refractivity contribution in [3.05, 3.63) is 29.8 Å². The lowest BCUT2D eigenvalue weighted by Gasteiger charge is -1.94. The molecule has 0 saturated heterocycles. The van der Waals surface area contributed by atoms with Gasteiger partial charge in [0.25, 0.3) is 0 Å². The average Bonchev–Trinajstić information content (AvgIpc) is 2.21. The molecule has 0 amide bonds. The molecule has 0 radical (unpaired) electrons. The minimum atomic E-state index is -0.316. The molecule has 1 N–H and O–H groups in total. The Labute approximate surface area is 88.7 Å². The van der Waals surface area contributed by atoms with Gasteiger partial charge in [-0.2, -0.15) is 0 Å². The summed E-state index contributed by atoms with van der Waals surface area (Å²) in [5, 5.41) is 9.02. The van der Waals surface area contributed by atoms with Crippen LogP contribution < -0.4 is 0 Å². The molecule has 78 valence electrons. The van der Waals surface area contributed by atoms with Crippen LogP contribution in [0.2, 0.25) is 0 Å². The molecule has 0 fully saturated rings. The summed E-state index contributed by atoms with van der Waals surface area (Å²) in [5.74, 6) is 5.38. The first-order chi connectivity index (χ1) is 7.22. The molecule has 3 nitrogen and oxygen atoms in total. The highest BCUT2D eigenvalue weighted by atomic mass is 16.5. The number of rotatable bonds is 2. The molecule has 0 bridgehead atoms. The van der Waals surface area contributed by atoms with Crippen molar-refractivity contribution in [3.8, 4) is 17.6 Å². The van der Waals surface area contributed by atoms with Crippen LogP contribution in [0.25, 0.3) is 0 Å². The van der Waals surface area contributed by atoms with Gasteiger partial charge in [0.05, 0.1) is 6.61 Å². The van der Waals surface area contributed by atoms with Gasteiger partial charge >= 0.3 is 5.97 Å². The number of esters is 1. The minimum Gasteiger partial charge on any atom is -0.508 e. The van der Waals surface area contributed by atoms with Crippen molar-refractivity contribution >= 4 is 5.97 Å². The lowest BCUT2D eigenvalue weighted by Crippen LogP contribution is -2.01. The van der Waals surface area contributed by atoms with Crippen LogP contribution in [0.4, 0.5) is 0 Å². The summed E-state index contributed by atoms with van der Waals surface area (Å²) < 4.78 is 4.72. The van der Waals surface area contributed by atoms with E-state index in [9.17, 15) is 4.79 Å². The summed E-state index contributed by atoms with van der Waals surface area (Å²) in [4.78, 5) is 10.9. The molecule has 3 heteroatoms. The Kier molecular flexibility index (Phi) is 4.24. The van der Waals surface area contributed by atoms with Gasteiger partial charge in [0, 0.05) is 5.56 Å². The third-order valence-corrected chi connectivity index (χ3v) is 1.64. The maximum absolute atomic E-state index is 10.9. The maximum atomic E-state index is 10.9. The number of phenols is 1. The highest BCUT2D eigenvalue weighted by molar-refractivity contribution is 5.72. The zero-order valence-corrected chi connectivity index (χ0v) is 8.49. The van der Waals surface area contributed by atoms with E-state index >= 15 is 0 Å². The topological polar surface area (TPSA) is 46.5 Å². The van der Waals surface area contributed by atoms with Crippen molar-refractivity contribution in [2.75, 3.05) is 6.61 Å². The van der Waals surface area contributed by atoms with Gasteiger partial charge in [-0.3, -0.25) is 4.79 Å². The van der Waals surface area contributed by atoms with Gasteiger partial charge in [0.1, 0.15) is 12.2 Å². The van der Waals surface area contributed by atoms with E-state index in [1.807, 2.05) is 0 Å². The molecular formula is C12H12O3. The van der Waals surface area contributed by atoms with E-state index < -0.39 is 0 Å². The van der Waals surface area contributed by atoms with Crippen LogP contribution in [0, 0.1) is 11.8 Å². The van der Waals surface area contributed by atoms with Crippen LogP contribution in [0.1, 0.15) is 18.9 Å². The zero-order chi connectivity index (χ0) is 11.1. The van der Waals surface area contributed by atoms with Crippen LogP contribution in [0.5, 0.6) is 5.75 Å². The molecule has 0 spiro atoms. The molecule has 0 unspecified atom stereocenters. The SMILES string of the molecule is CCOC(=O)CC#Cc1ccc(O)cc1. The van der Waals surface area contributed by atoms with E-state index in [0.29, 0.717) is 6.61 Å². The fraction of sp³-hybridized carbons (Fsp3) is 0.250. The zero-order valence-electron chi connectivity index (χ0n) is 8.49. The first-order valence-corrected chi connectivity index (χ1v) is 4.66. The third-order valence-electron chi connectivity index (χ3n) is 1.64. The van der Waals surface area contributed by atoms with Gasteiger partial charge in [-0.15, -0.1) is 0 Å². The summed E-state index contributed by atoms with van der Waals surface area (Å²) in [5.41, 5.74) is 0.761. The predicted octanol–water partition coefficient (Wildman–Crippen LogP) is 1.70. The monoisotopic (exact) mass is 204 g/mol. The Bertz CT molecular complexity index is 382. The average molecular weight is 204 g/mol. The normalized spacial score (nSPS) is 8.87. The second kappa shape index (κ2) is 5.71. The Hall–Kier alpha value is -1.95. The number of carbonyl (C=O) groups is 1. The number of hydrogen-bond acceptors (Lipinski definition) is 3. The van der Waals surface area contributed by atoms with E-state index in [1.54, 1.807) is 31.2 Å². The van der Waals surface area contributed by atoms with Gasteiger partial charge in [-0.1, -0.05) is 11.8 Å². The molecule has 15 heavy (non-hydrogen) atoms. The van der Waals surface area contributed by atoms with E-state index in [-0.39, 0.29) is 18.1 Å². The molecule has 0 atom stereocenters. The van der Waals surface area contributed by atoms with E-state index in [2.05, 4.69) is 11.8 Å². The van der Waals surface area contributed by atoms with Gasteiger partial charge in [-0.05, 0) is 31.2 Å². The van der Waals surface area contributed by atoms with Crippen LogP contribution in [0.3, 0.4) is 0 Å². The summed E-state index contributed by atoms with van der Waals surface area (Å²) >= 11 is 0. The predicted molar refractivity (Wildman–Crippen MR) is 56.2 cm³/mol. The molecule has 1 aromatic rings. The Morgan fingerprint density at radius 3 is 2.67 bits per heavy atom. The molecule has 0 aliphatic carbocycles. The number of phenolic OH excluding ortho intramolecular Hbond substituents is 1. The van der Waals surface area contributed by atoms with Gasteiger partial charge in [0.2, 0.25) is 0 Å². The molecule has 0 saturated carbocycles. The molecule has 0 aliphatic rings. The fourth-order valence-corrected chi connectivity index (χ4v) is 0.975. The van der Waals surface area contributed by atoms with Gasteiger partial charge in [0.15, 0.2) is 0 Å². The van der Waals surface area contributed by atoms with Gasteiger partial charge in [-0.25, -0.2) is 0 Å². The summed E-state index contributed by atoms with van der Waals surface area (Å²) in [6, 6.07) is 6.48. The number of hydrogen-bond donors (Lipinski definition) is 1. The molecule has 1 aromatic carbocycles. The quantitative estimate of drug-likeness (QED) is 0.589. The lowest BCUT2D eigenvalue weighted by atomic mass is 10.2. The lowest BCUT2D eigenvalue weighted by molar-refractivity contribution is -0.141. The van der Waals surface area contributed by atoms with Crippen LogP contribution in [0.15, 0.2) is 24.3 Å². The van der Waals surface area contributed by atoms with Crippen molar-refractivity contribution in [3.63, 3.8) is 0 Å². The molecule has 0 aromatic heterocycles. The van der Waals surface area contributed by atoms with E-state index in [4.69, 9.17) is 9.84 Å².